The van der Waals surface area contributed by atoms with Gasteiger partial charge in [-0.15, -0.1) is 0 Å². The number of amides is 1. The topological polar surface area (TPSA) is 63.4 Å². The molecule has 0 aromatic heterocycles. The first-order chi connectivity index (χ1) is 7.68. The van der Waals surface area contributed by atoms with Crippen molar-refractivity contribution in [2.24, 2.45) is 11.7 Å². The molecule has 1 heterocycles. The molecule has 1 saturated heterocycles. The van der Waals surface area contributed by atoms with Gasteiger partial charge in [-0.1, -0.05) is 12.8 Å². The third kappa shape index (κ3) is 2.43. The van der Waals surface area contributed by atoms with Gasteiger partial charge < -0.3 is 5.73 Å². The Bertz CT molecular complexity index is 285. The van der Waals surface area contributed by atoms with Crippen molar-refractivity contribution < 1.29 is 9.59 Å². The molecule has 0 radical (unpaired) electrons. The van der Waals surface area contributed by atoms with Crippen molar-refractivity contribution in [3.63, 3.8) is 0 Å². The molecule has 1 aliphatic heterocycles. The summed E-state index contributed by atoms with van der Waals surface area (Å²) in [5.41, 5.74) is 5.33. The molecule has 90 valence electrons. The van der Waals surface area contributed by atoms with Crippen molar-refractivity contribution >= 4 is 11.7 Å². The van der Waals surface area contributed by atoms with Crippen LogP contribution in [0, 0.1) is 5.92 Å². The minimum atomic E-state index is -0.281. The van der Waals surface area contributed by atoms with E-state index in [-0.39, 0.29) is 17.9 Å². The van der Waals surface area contributed by atoms with Crippen LogP contribution in [0.5, 0.6) is 0 Å². The van der Waals surface area contributed by atoms with Crippen molar-refractivity contribution in [1.82, 2.24) is 4.90 Å². The number of Topliss-reactive ketones (excluding diaryl/α,β-unsaturated/α-hetero) is 1. The summed E-state index contributed by atoms with van der Waals surface area (Å²) < 4.78 is 0. The highest BCUT2D eigenvalue weighted by Gasteiger charge is 2.32. The van der Waals surface area contributed by atoms with Gasteiger partial charge in [0.2, 0.25) is 5.91 Å². The van der Waals surface area contributed by atoms with Crippen LogP contribution < -0.4 is 5.73 Å². The van der Waals surface area contributed by atoms with Gasteiger partial charge >= 0.3 is 0 Å². The summed E-state index contributed by atoms with van der Waals surface area (Å²) in [6.07, 6.45) is 6.21. The van der Waals surface area contributed by atoms with Crippen molar-refractivity contribution in [1.29, 1.82) is 0 Å². The lowest BCUT2D eigenvalue weighted by molar-refractivity contribution is -0.126. The first-order valence-electron chi connectivity index (χ1n) is 6.24. The highest BCUT2D eigenvalue weighted by molar-refractivity contribution is 5.85. The predicted molar refractivity (Wildman–Crippen MR) is 60.8 cm³/mol. The molecule has 0 spiro atoms. The zero-order valence-electron chi connectivity index (χ0n) is 9.65. The van der Waals surface area contributed by atoms with Crippen LogP contribution in [0.25, 0.3) is 0 Å². The van der Waals surface area contributed by atoms with Gasteiger partial charge in [0.15, 0.2) is 0 Å². The molecule has 0 aromatic rings. The van der Waals surface area contributed by atoms with Crippen LogP contribution >= 0.6 is 0 Å². The van der Waals surface area contributed by atoms with Gasteiger partial charge in [-0.3, -0.25) is 14.5 Å². The van der Waals surface area contributed by atoms with E-state index in [9.17, 15) is 9.59 Å². The van der Waals surface area contributed by atoms with Gasteiger partial charge in [0.05, 0.1) is 12.6 Å². The van der Waals surface area contributed by atoms with Crippen molar-refractivity contribution in [2.75, 3.05) is 13.1 Å². The maximum absolute atomic E-state index is 12.0. The second-order valence-corrected chi connectivity index (χ2v) is 4.98. The van der Waals surface area contributed by atoms with E-state index in [4.69, 9.17) is 5.73 Å². The van der Waals surface area contributed by atoms with E-state index < -0.39 is 0 Å². The molecule has 2 rings (SSSR count). The van der Waals surface area contributed by atoms with E-state index in [1.54, 1.807) is 0 Å². The molecule has 2 aliphatic rings. The third-order valence-electron chi connectivity index (χ3n) is 3.86. The number of likely N-dealkylation sites (tertiary alicyclic amines) is 1. The van der Waals surface area contributed by atoms with E-state index in [1.165, 1.54) is 12.8 Å². The van der Waals surface area contributed by atoms with Gasteiger partial charge in [0, 0.05) is 5.92 Å². The number of rotatable bonds is 4. The van der Waals surface area contributed by atoms with Gasteiger partial charge in [-0.25, -0.2) is 0 Å². The Morgan fingerprint density at radius 2 is 1.81 bits per heavy atom. The fourth-order valence-corrected chi connectivity index (χ4v) is 2.91. The van der Waals surface area contributed by atoms with Crippen LogP contribution in [-0.4, -0.2) is 35.7 Å². The summed E-state index contributed by atoms with van der Waals surface area (Å²) in [6, 6.07) is -0.203. The Morgan fingerprint density at radius 3 is 2.44 bits per heavy atom. The second kappa shape index (κ2) is 4.95. The molecule has 0 aromatic carbocycles. The van der Waals surface area contributed by atoms with E-state index in [0.29, 0.717) is 12.3 Å². The largest absolute Gasteiger partial charge is 0.368 e. The normalized spacial score (nSPS) is 27.4. The monoisotopic (exact) mass is 224 g/mol. The highest BCUT2D eigenvalue weighted by Crippen LogP contribution is 2.26. The molecule has 4 heteroatoms. The van der Waals surface area contributed by atoms with E-state index in [1.807, 2.05) is 4.90 Å². The van der Waals surface area contributed by atoms with Crippen LogP contribution in [0.3, 0.4) is 0 Å². The average molecular weight is 224 g/mol. The van der Waals surface area contributed by atoms with Crippen LogP contribution in [0.2, 0.25) is 0 Å². The number of hydrogen-bond donors (Lipinski definition) is 1. The molecule has 1 amide bonds. The highest BCUT2D eigenvalue weighted by atomic mass is 16.1. The summed E-state index contributed by atoms with van der Waals surface area (Å²) in [5.74, 6) is 0.275. The predicted octanol–water partition coefficient (Wildman–Crippen LogP) is 0.695. The Morgan fingerprint density at radius 1 is 1.12 bits per heavy atom. The molecular formula is C12H20N2O2. The minimum Gasteiger partial charge on any atom is -0.368 e. The maximum atomic E-state index is 12.0. The Labute approximate surface area is 96.2 Å². The first-order valence-corrected chi connectivity index (χ1v) is 6.24. The number of nitrogens with two attached hydrogens (primary N) is 1. The van der Waals surface area contributed by atoms with Crippen LogP contribution in [0.15, 0.2) is 0 Å². The zero-order valence-corrected chi connectivity index (χ0v) is 9.65. The molecule has 0 bridgehead atoms. The van der Waals surface area contributed by atoms with E-state index in [2.05, 4.69) is 0 Å². The van der Waals surface area contributed by atoms with Crippen LogP contribution in [0.4, 0.5) is 0 Å². The fraction of sp³-hybridized carbons (Fsp3) is 0.833. The first kappa shape index (κ1) is 11.6. The lowest BCUT2D eigenvalue weighted by atomic mass is 10.0. The maximum Gasteiger partial charge on any atom is 0.234 e. The van der Waals surface area contributed by atoms with Crippen LogP contribution in [-0.2, 0) is 9.59 Å². The zero-order chi connectivity index (χ0) is 11.5. The molecule has 1 unspecified atom stereocenters. The van der Waals surface area contributed by atoms with Crippen molar-refractivity contribution in [3.8, 4) is 0 Å². The van der Waals surface area contributed by atoms with Gasteiger partial charge in [0.1, 0.15) is 5.78 Å². The molecular weight excluding hydrogens is 204 g/mol. The van der Waals surface area contributed by atoms with Crippen molar-refractivity contribution in [3.05, 3.63) is 0 Å². The number of carbonyl (C=O) groups excluding carboxylic acids is 2. The number of carbonyl (C=O) groups is 2. The lowest BCUT2D eigenvalue weighted by Gasteiger charge is -2.22. The molecule has 1 aliphatic carbocycles. The lowest BCUT2D eigenvalue weighted by Crippen LogP contribution is -2.43. The van der Waals surface area contributed by atoms with E-state index in [0.717, 1.165) is 32.2 Å². The fourth-order valence-electron chi connectivity index (χ4n) is 2.91. The Kier molecular flexibility index (Phi) is 3.59. The molecule has 2 fully saturated rings. The smallest absolute Gasteiger partial charge is 0.234 e. The summed E-state index contributed by atoms with van der Waals surface area (Å²) in [4.78, 5) is 25.1. The summed E-state index contributed by atoms with van der Waals surface area (Å²) in [7, 11) is 0. The molecule has 1 atom stereocenters. The van der Waals surface area contributed by atoms with E-state index >= 15 is 0 Å². The Balaban J connectivity index is 1.88. The van der Waals surface area contributed by atoms with Crippen molar-refractivity contribution in [2.45, 2.75) is 44.6 Å². The van der Waals surface area contributed by atoms with Gasteiger partial charge in [0.25, 0.3) is 0 Å². The van der Waals surface area contributed by atoms with Gasteiger partial charge in [-0.05, 0) is 32.2 Å². The summed E-state index contributed by atoms with van der Waals surface area (Å²) >= 11 is 0. The number of hydrogen-bond acceptors (Lipinski definition) is 3. The summed E-state index contributed by atoms with van der Waals surface area (Å²) in [6.45, 7) is 1.27. The number of ketones is 1. The second-order valence-electron chi connectivity index (χ2n) is 4.98. The third-order valence-corrected chi connectivity index (χ3v) is 3.86. The van der Waals surface area contributed by atoms with Crippen LogP contribution in [0.1, 0.15) is 38.5 Å². The van der Waals surface area contributed by atoms with Gasteiger partial charge in [-0.2, -0.15) is 0 Å². The minimum absolute atomic E-state index is 0.203. The number of nitrogens with zero attached hydrogens (tertiary/aromatic N) is 1. The average Bonchev–Trinajstić information content (AvgIpc) is 2.86. The molecule has 2 N–H and O–H groups in total. The summed E-state index contributed by atoms with van der Waals surface area (Å²) in [5, 5.41) is 0. The molecule has 4 nitrogen and oxygen atoms in total. The molecule has 1 saturated carbocycles. The Hall–Kier alpha value is -0.900. The number of primary amides is 1. The standard InChI is InChI=1S/C12H20N2O2/c13-12(16)10-6-3-7-14(10)8-11(15)9-4-1-2-5-9/h9-10H,1-8H2,(H2,13,16). The SMILES string of the molecule is NC(=O)C1CCCN1CC(=O)C1CCCC1. The molecule has 16 heavy (non-hydrogen) atoms. The quantitative estimate of drug-likeness (QED) is 0.764.